The summed E-state index contributed by atoms with van der Waals surface area (Å²) in [5.41, 5.74) is 2.99. The molecule has 0 heterocycles. The van der Waals surface area contributed by atoms with Gasteiger partial charge in [-0.05, 0) is 42.0 Å². The molecule has 0 atom stereocenters. The van der Waals surface area contributed by atoms with Gasteiger partial charge in [-0.3, -0.25) is 9.59 Å². The van der Waals surface area contributed by atoms with Crippen LogP contribution in [-0.2, 0) is 9.59 Å². The average Bonchev–Trinajstić information content (AvgIpc) is 2.64. The lowest BCUT2D eigenvalue weighted by molar-refractivity contribution is -0.136. The number of ether oxygens (including phenoxy) is 2. The fourth-order valence-corrected chi connectivity index (χ4v) is 2.26. The largest absolute Gasteiger partial charge is 0.493 e. The van der Waals surface area contributed by atoms with Gasteiger partial charge >= 0.3 is 11.8 Å². The van der Waals surface area contributed by atoms with Crippen molar-refractivity contribution in [3.8, 4) is 11.5 Å². The number of anilines is 1. The second-order valence-corrected chi connectivity index (χ2v) is 5.74. The molecule has 0 radical (unpaired) electrons. The molecule has 0 aliphatic carbocycles. The van der Waals surface area contributed by atoms with Crippen molar-refractivity contribution < 1.29 is 19.1 Å². The molecule has 2 N–H and O–H groups in total. The third-order valence-corrected chi connectivity index (χ3v) is 3.73. The summed E-state index contributed by atoms with van der Waals surface area (Å²) in [5, 5.41) is 6.72. The predicted octanol–water partition coefficient (Wildman–Crippen LogP) is 3.10. The van der Waals surface area contributed by atoms with Crippen molar-refractivity contribution in [2.24, 2.45) is 5.10 Å². The van der Waals surface area contributed by atoms with Crippen LogP contribution in [0.15, 0.2) is 41.5 Å². The van der Waals surface area contributed by atoms with Crippen molar-refractivity contribution in [2.75, 3.05) is 19.5 Å². The molecule has 0 aromatic heterocycles. The van der Waals surface area contributed by atoms with Crippen molar-refractivity contribution >= 4 is 46.9 Å². The number of nitrogens with zero attached hydrogens (tertiary/aromatic N) is 1. The molecule has 9 heteroatoms. The smallest absolute Gasteiger partial charge is 0.329 e. The third kappa shape index (κ3) is 5.11. The van der Waals surface area contributed by atoms with Crippen LogP contribution in [0.4, 0.5) is 5.69 Å². The Labute approximate surface area is 159 Å². The van der Waals surface area contributed by atoms with Crippen molar-refractivity contribution in [1.29, 1.82) is 0 Å². The van der Waals surface area contributed by atoms with Gasteiger partial charge in [-0.2, -0.15) is 5.10 Å². The number of hydrazone groups is 1. The fraction of sp³-hybridized carbons (Fsp3) is 0.118. The maximum Gasteiger partial charge on any atom is 0.329 e. The van der Waals surface area contributed by atoms with E-state index in [2.05, 4.69) is 15.8 Å². The highest BCUT2D eigenvalue weighted by Gasteiger charge is 2.14. The maximum absolute atomic E-state index is 11.9. The van der Waals surface area contributed by atoms with Gasteiger partial charge in [-0.25, -0.2) is 5.43 Å². The number of carbonyl (C=O) groups excluding carboxylic acids is 2. The number of amides is 2. The summed E-state index contributed by atoms with van der Waals surface area (Å²) in [6.07, 6.45) is 1.36. The molecule has 2 amide bonds. The molecule has 0 saturated carbocycles. The zero-order valence-electron chi connectivity index (χ0n) is 13.9. The molecule has 0 aliphatic rings. The lowest BCUT2D eigenvalue weighted by Crippen LogP contribution is -2.32. The molecule has 26 heavy (non-hydrogen) atoms. The van der Waals surface area contributed by atoms with E-state index in [1.807, 2.05) is 0 Å². The topological polar surface area (TPSA) is 89.0 Å². The number of carbonyl (C=O) groups is 2. The first-order valence-electron chi connectivity index (χ1n) is 7.26. The number of halogens is 2. The van der Waals surface area contributed by atoms with Gasteiger partial charge in [0.1, 0.15) is 0 Å². The monoisotopic (exact) mass is 395 g/mol. The Morgan fingerprint density at radius 3 is 2.42 bits per heavy atom. The average molecular weight is 396 g/mol. The van der Waals surface area contributed by atoms with Crippen LogP contribution in [0.5, 0.6) is 11.5 Å². The van der Waals surface area contributed by atoms with E-state index < -0.39 is 11.8 Å². The number of rotatable bonds is 5. The van der Waals surface area contributed by atoms with Gasteiger partial charge in [0.25, 0.3) is 0 Å². The zero-order valence-corrected chi connectivity index (χ0v) is 15.4. The molecule has 136 valence electrons. The molecule has 2 aromatic rings. The van der Waals surface area contributed by atoms with Gasteiger partial charge in [0.2, 0.25) is 0 Å². The van der Waals surface area contributed by atoms with Crippen LogP contribution < -0.4 is 20.2 Å². The first-order valence-corrected chi connectivity index (χ1v) is 8.01. The van der Waals surface area contributed by atoms with Crippen LogP contribution in [0.1, 0.15) is 5.56 Å². The summed E-state index contributed by atoms with van der Waals surface area (Å²) in [4.78, 5) is 23.7. The summed E-state index contributed by atoms with van der Waals surface area (Å²) < 4.78 is 10.3. The summed E-state index contributed by atoms with van der Waals surface area (Å²) >= 11 is 11.8. The first-order chi connectivity index (χ1) is 12.4. The SMILES string of the molecule is COc1ccc(/C=N\NC(=O)C(=O)Nc2cc(Cl)ccc2Cl)cc1OC. The number of nitrogens with one attached hydrogen (secondary N) is 2. The van der Waals surface area contributed by atoms with E-state index in [4.69, 9.17) is 32.7 Å². The van der Waals surface area contributed by atoms with Gasteiger partial charge in [0.05, 0.1) is 31.1 Å². The lowest BCUT2D eigenvalue weighted by Gasteiger charge is -2.07. The normalized spacial score (nSPS) is 10.5. The molecule has 0 saturated heterocycles. The van der Waals surface area contributed by atoms with E-state index >= 15 is 0 Å². The van der Waals surface area contributed by atoms with Gasteiger partial charge < -0.3 is 14.8 Å². The molecule has 7 nitrogen and oxygen atoms in total. The molecule has 0 spiro atoms. The number of hydrogen-bond acceptors (Lipinski definition) is 5. The highest BCUT2D eigenvalue weighted by atomic mass is 35.5. The Hall–Kier alpha value is -2.77. The van der Waals surface area contributed by atoms with E-state index in [9.17, 15) is 9.59 Å². The van der Waals surface area contributed by atoms with Crippen molar-refractivity contribution in [3.63, 3.8) is 0 Å². The highest BCUT2D eigenvalue weighted by molar-refractivity contribution is 6.42. The van der Waals surface area contributed by atoms with E-state index in [0.29, 0.717) is 22.1 Å². The molecular weight excluding hydrogens is 381 g/mol. The molecule has 0 unspecified atom stereocenters. The Bertz CT molecular complexity index is 856. The van der Waals surface area contributed by atoms with E-state index in [0.717, 1.165) is 0 Å². The van der Waals surface area contributed by atoms with Crippen LogP contribution in [-0.4, -0.2) is 32.2 Å². The van der Waals surface area contributed by atoms with E-state index in [1.54, 1.807) is 24.3 Å². The zero-order chi connectivity index (χ0) is 19.1. The fourth-order valence-electron chi connectivity index (χ4n) is 1.92. The standard InChI is InChI=1S/C17H15Cl2N3O4/c1-25-14-6-3-10(7-15(14)26-2)9-20-22-17(24)16(23)21-13-8-11(18)4-5-12(13)19/h3-9H,1-2H3,(H,21,23)(H,22,24)/b20-9-. The van der Waals surface area contributed by atoms with E-state index in [1.165, 1.54) is 32.6 Å². The minimum atomic E-state index is -0.960. The van der Waals surface area contributed by atoms with Gasteiger partial charge in [-0.1, -0.05) is 23.2 Å². The summed E-state index contributed by atoms with van der Waals surface area (Å²) in [5.74, 6) is -0.820. The van der Waals surface area contributed by atoms with Gasteiger partial charge in [0, 0.05) is 5.02 Å². The number of benzene rings is 2. The minimum absolute atomic E-state index is 0.225. The van der Waals surface area contributed by atoms with Crippen LogP contribution in [0.25, 0.3) is 0 Å². The Morgan fingerprint density at radius 1 is 1.00 bits per heavy atom. The number of methoxy groups -OCH3 is 2. The molecule has 2 aromatic carbocycles. The minimum Gasteiger partial charge on any atom is -0.493 e. The predicted molar refractivity (Wildman–Crippen MR) is 100 cm³/mol. The van der Waals surface area contributed by atoms with Crippen LogP contribution in [0.3, 0.4) is 0 Å². The maximum atomic E-state index is 11.9. The summed E-state index contributed by atoms with van der Waals surface area (Å²) in [6, 6.07) is 9.57. The molecule has 0 bridgehead atoms. The Kier molecular flexibility index (Phi) is 6.82. The lowest BCUT2D eigenvalue weighted by atomic mass is 10.2. The second kappa shape index (κ2) is 9.07. The van der Waals surface area contributed by atoms with Crippen LogP contribution >= 0.6 is 23.2 Å². The van der Waals surface area contributed by atoms with Crippen LogP contribution in [0, 0.1) is 0 Å². The molecule has 2 rings (SSSR count). The molecule has 0 fully saturated rings. The van der Waals surface area contributed by atoms with Gasteiger partial charge in [-0.15, -0.1) is 0 Å². The van der Waals surface area contributed by atoms with Crippen molar-refractivity contribution in [2.45, 2.75) is 0 Å². The summed E-state index contributed by atoms with van der Waals surface area (Å²) in [7, 11) is 3.03. The number of hydrogen-bond donors (Lipinski definition) is 2. The Balaban J connectivity index is 1.98. The molecular formula is C17H15Cl2N3O4. The quantitative estimate of drug-likeness (QED) is 0.462. The molecule has 0 aliphatic heterocycles. The first kappa shape index (κ1) is 19.6. The third-order valence-electron chi connectivity index (χ3n) is 3.17. The highest BCUT2D eigenvalue weighted by Crippen LogP contribution is 2.27. The van der Waals surface area contributed by atoms with Crippen molar-refractivity contribution in [1.82, 2.24) is 5.43 Å². The van der Waals surface area contributed by atoms with Gasteiger partial charge in [0.15, 0.2) is 11.5 Å². The Morgan fingerprint density at radius 2 is 1.73 bits per heavy atom. The second-order valence-electron chi connectivity index (χ2n) is 4.89. The van der Waals surface area contributed by atoms with E-state index in [-0.39, 0.29) is 10.7 Å². The van der Waals surface area contributed by atoms with Crippen LogP contribution in [0.2, 0.25) is 10.0 Å². The van der Waals surface area contributed by atoms with Crippen molar-refractivity contribution in [3.05, 3.63) is 52.0 Å². The summed E-state index contributed by atoms with van der Waals surface area (Å²) in [6.45, 7) is 0.